The lowest BCUT2D eigenvalue weighted by Gasteiger charge is -2.03. The van der Waals surface area contributed by atoms with Crippen molar-refractivity contribution in [3.05, 3.63) is 18.7 Å². The van der Waals surface area contributed by atoms with Crippen LogP contribution in [0.5, 0.6) is 0 Å². The SMILES string of the molecule is CCNC(=O)CCCCCn1ccnc1. The van der Waals surface area contributed by atoms with Crippen molar-refractivity contribution in [2.24, 2.45) is 0 Å². The summed E-state index contributed by atoms with van der Waals surface area (Å²) in [4.78, 5) is 15.1. The number of rotatable bonds is 7. The Morgan fingerprint density at radius 3 is 2.93 bits per heavy atom. The summed E-state index contributed by atoms with van der Waals surface area (Å²) in [7, 11) is 0. The number of aryl methyl sites for hydroxylation is 1. The van der Waals surface area contributed by atoms with E-state index in [-0.39, 0.29) is 5.91 Å². The van der Waals surface area contributed by atoms with Gasteiger partial charge in [-0.05, 0) is 19.8 Å². The fourth-order valence-corrected chi connectivity index (χ4v) is 1.46. The van der Waals surface area contributed by atoms with Crippen LogP contribution in [0.4, 0.5) is 0 Å². The minimum atomic E-state index is 0.167. The molecule has 1 rings (SSSR count). The number of carbonyl (C=O) groups is 1. The predicted molar refractivity (Wildman–Crippen MR) is 59.4 cm³/mol. The van der Waals surface area contributed by atoms with Gasteiger partial charge in [-0.3, -0.25) is 4.79 Å². The van der Waals surface area contributed by atoms with Crippen LogP contribution in [0.15, 0.2) is 18.7 Å². The Morgan fingerprint density at radius 2 is 2.27 bits per heavy atom. The van der Waals surface area contributed by atoms with Crippen molar-refractivity contribution >= 4 is 5.91 Å². The monoisotopic (exact) mass is 209 g/mol. The van der Waals surface area contributed by atoms with Gasteiger partial charge in [0, 0.05) is 31.9 Å². The second-order valence-corrected chi connectivity index (χ2v) is 3.56. The number of unbranched alkanes of at least 4 members (excludes halogenated alkanes) is 2. The Labute approximate surface area is 90.7 Å². The number of hydrogen-bond donors (Lipinski definition) is 1. The van der Waals surface area contributed by atoms with E-state index >= 15 is 0 Å². The Bertz CT molecular complexity index is 269. The Balaban J connectivity index is 1.95. The molecule has 4 nitrogen and oxygen atoms in total. The summed E-state index contributed by atoms with van der Waals surface area (Å²) in [6.45, 7) is 3.67. The lowest BCUT2D eigenvalue weighted by Crippen LogP contribution is -2.22. The van der Waals surface area contributed by atoms with Crippen LogP contribution in [0, 0.1) is 0 Å². The summed E-state index contributed by atoms with van der Waals surface area (Å²) < 4.78 is 2.06. The van der Waals surface area contributed by atoms with E-state index in [2.05, 4.69) is 14.9 Å². The van der Waals surface area contributed by atoms with Crippen LogP contribution < -0.4 is 5.32 Å². The van der Waals surface area contributed by atoms with Gasteiger partial charge in [0.15, 0.2) is 0 Å². The van der Waals surface area contributed by atoms with Crippen LogP contribution in [0.2, 0.25) is 0 Å². The summed E-state index contributed by atoms with van der Waals surface area (Å²) in [5.74, 6) is 0.167. The number of aromatic nitrogens is 2. The number of carbonyl (C=O) groups excluding carboxylic acids is 1. The Kier molecular flexibility index (Phi) is 5.51. The molecular weight excluding hydrogens is 190 g/mol. The van der Waals surface area contributed by atoms with E-state index in [1.807, 2.05) is 19.4 Å². The number of imidazole rings is 1. The second kappa shape index (κ2) is 7.04. The third-order valence-electron chi connectivity index (χ3n) is 2.25. The van der Waals surface area contributed by atoms with Crippen LogP contribution in [0.25, 0.3) is 0 Å². The first-order chi connectivity index (χ1) is 7.33. The zero-order chi connectivity index (χ0) is 10.9. The van der Waals surface area contributed by atoms with Crippen LogP contribution in [0.3, 0.4) is 0 Å². The van der Waals surface area contributed by atoms with Gasteiger partial charge in [-0.15, -0.1) is 0 Å². The summed E-state index contributed by atoms with van der Waals surface area (Å²) in [6, 6.07) is 0. The Morgan fingerprint density at radius 1 is 1.40 bits per heavy atom. The molecule has 0 aromatic carbocycles. The van der Waals surface area contributed by atoms with Gasteiger partial charge in [-0.25, -0.2) is 4.98 Å². The van der Waals surface area contributed by atoms with Crippen molar-refractivity contribution in [1.29, 1.82) is 0 Å². The van der Waals surface area contributed by atoms with E-state index in [0.717, 1.165) is 32.4 Å². The third-order valence-corrected chi connectivity index (χ3v) is 2.25. The number of nitrogens with one attached hydrogen (secondary N) is 1. The largest absolute Gasteiger partial charge is 0.356 e. The first-order valence-corrected chi connectivity index (χ1v) is 5.55. The average Bonchev–Trinajstić information content (AvgIpc) is 2.70. The van der Waals surface area contributed by atoms with Gasteiger partial charge < -0.3 is 9.88 Å². The fourth-order valence-electron chi connectivity index (χ4n) is 1.46. The topological polar surface area (TPSA) is 46.9 Å². The zero-order valence-electron chi connectivity index (χ0n) is 9.28. The maximum Gasteiger partial charge on any atom is 0.219 e. The maximum absolute atomic E-state index is 11.1. The molecule has 1 heterocycles. The first-order valence-electron chi connectivity index (χ1n) is 5.55. The van der Waals surface area contributed by atoms with Crippen molar-refractivity contribution < 1.29 is 4.79 Å². The summed E-state index contributed by atoms with van der Waals surface area (Å²) >= 11 is 0. The predicted octanol–water partition coefficient (Wildman–Crippen LogP) is 1.58. The summed E-state index contributed by atoms with van der Waals surface area (Å²) in [5, 5.41) is 2.80. The quantitative estimate of drug-likeness (QED) is 0.693. The van der Waals surface area contributed by atoms with Crippen molar-refractivity contribution in [3.63, 3.8) is 0 Å². The van der Waals surface area contributed by atoms with E-state index in [4.69, 9.17) is 0 Å². The lowest BCUT2D eigenvalue weighted by molar-refractivity contribution is -0.121. The van der Waals surface area contributed by atoms with Crippen LogP contribution >= 0.6 is 0 Å². The van der Waals surface area contributed by atoms with Crippen molar-refractivity contribution in [1.82, 2.24) is 14.9 Å². The van der Waals surface area contributed by atoms with Gasteiger partial charge >= 0.3 is 0 Å². The highest BCUT2D eigenvalue weighted by Gasteiger charge is 1.98. The van der Waals surface area contributed by atoms with Gasteiger partial charge in [0.25, 0.3) is 0 Å². The molecule has 1 aromatic rings. The third kappa shape index (κ3) is 5.20. The second-order valence-electron chi connectivity index (χ2n) is 3.56. The van der Waals surface area contributed by atoms with Gasteiger partial charge in [-0.1, -0.05) is 6.42 Å². The zero-order valence-corrected chi connectivity index (χ0v) is 9.28. The molecule has 0 unspecified atom stereocenters. The average molecular weight is 209 g/mol. The molecule has 0 radical (unpaired) electrons. The van der Waals surface area contributed by atoms with E-state index in [1.54, 1.807) is 6.20 Å². The minimum absolute atomic E-state index is 0.167. The van der Waals surface area contributed by atoms with Gasteiger partial charge in [0.05, 0.1) is 6.33 Å². The normalized spacial score (nSPS) is 10.2. The standard InChI is InChI=1S/C11H19N3O/c1-2-13-11(15)6-4-3-5-8-14-9-7-12-10-14/h7,9-10H,2-6,8H2,1H3,(H,13,15). The van der Waals surface area contributed by atoms with Crippen molar-refractivity contribution in [2.45, 2.75) is 39.2 Å². The number of amides is 1. The molecule has 1 N–H and O–H groups in total. The molecule has 1 amide bonds. The van der Waals surface area contributed by atoms with Crippen LogP contribution in [-0.2, 0) is 11.3 Å². The smallest absolute Gasteiger partial charge is 0.219 e. The maximum atomic E-state index is 11.1. The highest BCUT2D eigenvalue weighted by Crippen LogP contribution is 2.02. The molecule has 0 saturated heterocycles. The molecule has 0 bridgehead atoms. The fraction of sp³-hybridized carbons (Fsp3) is 0.636. The highest BCUT2D eigenvalue weighted by atomic mass is 16.1. The molecule has 84 valence electrons. The first kappa shape index (κ1) is 11.8. The number of nitrogens with zero attached hydrogens (tertiary/aromatic N) is 2. The minimum Gasteiger partial charge on any atom is -0.356 e. The number of hydrogen-bond acceptors (Lipinski definition) is 2. The van der Waals surface area contributed by atoms with Gasteiger partial charge in [-0.2, -0.15) is 0 Å². The summed E-state index contributed by atoms with van der Waals surface area (Å²) in [5.41, 5.74) is 0. The molecular formula is C11H19N3O. The van der Waals surface area contributed by atoms with E-state index < -0.39 is 0 Å². The van der Waals surface area contributed by atoms with Gasteiger partial charge in [0.1, 0.15) is 0 Å². The highest BCUT2D eigenvalue weighted by molar-refractivity contribution is 5.75. The van der Waals surface area contributed by atoms with Crippen molar-refractivity contribution in [2.75, 3.05) is 6.54 Å². The van der Waals surface area contributed by atoms with Gasteiger partial charge in [0.2, 0.25) is 5.91 Å². The molecule has 0 aliphatic rings. The van der Waals surface area contributed by atoms with Crippen molar-refractivity contribution in [3.8, 4) is 0 Å². The molecule has 0 atom stereocenters. The molecule has 0 saturated carbocycles. The lowest BCUT2D eigenvalue weighted by atomic mass is 10.2. The summed E-state index contributed by atoms with van der Waals surface area (Å²) in [6.07, 6.45) is 9.39. The molecule has 15 heavy (non-hydrogen) atoms. The van der Waals surface area contributed by atoms with E-state index in [0.29, 0.717) is 6.42 Å². The molecule has 4 heteroatoms. The molecule has 0 aliphatic carbocycles. The van der Waals surface area contributed by atoms with Crippen LogP contribution in [0.1, 0.15) is 32.6 Å². The molecule has 0 fully saturated rings. The molecule has 0 spiro atoms. The van der Waals surface area contributed by atoms with E-state index in [9.17, 15) is 4.79 Å². The van der Waals surface area contributed by atoms with E-state index in [1.165, 1.54) is 0 Å². The Hall–Kier alpha value is -1.32. The van der Waals surface area contributed by atoms with Crippen LogP contribution in [-0.4, -0.2) is 22.0 Å². The molecule has 0 aliphatic heterocycles. The molecule has 1 aromatic heterocycles.